The molecule has 18 rings (SSSR count). The second-order valence-corrected chi connectivity index (χ2v) is 25.6. The molecule has 6 saturated carbocycles. The Labute approximate surface area is 447 Å². The summed E-state index contributed by atoms with van der Waals surface area (Å²) in [6.45, 7) is 0. The van der Waals surface area contributed by atoms with Gasteiger partial charge in [0.05, 0.1) is 10.8 Å². The van der Waals surface area contributed by atoms with Gasteiger partial charge in [-0.2, -0.15) is 0 Å². The number of rotatable bonds is 2. The lowest BCUT2D eigenvalue weighted by Gasteiger charge is -2.52. The molecule has 0 saturated heterocycles. The van der Waals surface area contributed by atoms with E-state index in [1.807, 2.05) is 0 Å². The number of hydrogen-bond acceptors (Lipinski definition) is 2. The monoisotopic (exact) mass is 982 g/mol. The van der Waals surface area contributed by atoms with Gasteiger partial charge >= 0.3 is 0 Å². The van der Waals surface area contributed by atoms with Gasteiger partial charge < -0.3 is 0 Å². The molecule has 0 N–H and O–H groups in total. The van der Waals surface area contributed by atoms with Crippen LogP contribution < -0.4 is 0 Å². The van der Waals surface area contributed by atoms with E-state index in [4.69, 9.17) is 0 Å². The summed E-state index contributed by atoms with van der Waals surface area (Å²) in [5, 5.41) is 0. The maximum Gasteiger partial charge on any atom is 0.140 e. The fourth-order valence-corrected chi connectivity index (χ4v) is 20.9. The minimum atomic E-state index is -0.363. The summed E-state index contributed by atoms with van der Waals surface area (Å²) in [7, 11) is 0. The minimum absolute atomic E-state index is 0.0574. The predicted octanol–water partition coefficient (Wildman–Crippen LogP) is 16.5. The van der Waals surface area contributed by atoms with Crippen LogP contribution in [0.1, 0.15) is 132 Å². The van der Waals surface area contributed by atoms with Crippen LogP contribution in [-0.2, 0) is 20.4 Å². The number of carbonyl (C=O) groups excluding carboxylic acids is 2. The van der Waals surface area contributed by atoms with Gasteiger partial charge in [0.2, 0.25) is 0 Å². The van der Waals surface area contributed by atoms with Crippen molar-refractivity contribution in [1.29, 1.82) is 0 Å². The van der Waals surface area contributed by atoms with Crippen molar-refractivity contribution in [3.63, 3.8) is 0 Å². The minimum Gasteiger partial charge on any atom is -0.299 e. The highest BCUT2D eigenvalue weighted by atomic mass is 16.1. The first-order valence-corrected chi connectivity index (χ1v) is 29.5. The molecular formula is C74H62O2. The van der Waals surface area contributed by atoms with Crippen LogP contribution in [0.15, 0.2) is 182 Å². The molecule has 0 amide bonds. The first-order valence-electron chi connectivity index (χ1n) is 29.5. The summed E-state index contributed by atoms with van der Waals surface area (Å²) in [5.41, 5.74) is 24.0. The van der Waals surface area contributed by atoms with Gasteiger partial charge in [0.15, 0.2) is 0 Å². The lowest BCUT2D eigenvalue weighted by atomic mass is 9.51. The summed E-state index contributed by atoms with van der Waals surface area (Å²) in [4.78, 5) is 31.4. The van der Waals surface area contributed by atoms with E-state index in [1.165, 1.54) is 126 Å². The van der Waals surface area contributed by atoms with Crippen molar-refractivity contribution in [2.24, 2.45) is 59.2 Å². The van der Waals surface area contributed by atoms with Crippen LogP contribution >= 0.6 is 0 Å². The molecule has 76 heavy (non-hydrogen) atoms. The Bertz CT molecular complexity index is 3740. The zero-order valence-electron chi connectivity index (χ0n) is 43.1. The van der Waals surface area contributed by atoms with Crippen molar-refractivity contribution in [3.05, 3.63) is 238 Å². The summed E-state index contributed by atoms with van der Waals surface area (Å²) < 4.78 is 0. The molecule has 6 fully saturated rings. The van der Waals surface area contributed by atoms with E-state index >= 15 is 9.59 Å². The molecule has 0 aliphatic heterocycles. The van der Waals surface area contributed by atoms with E-state index in [0.29, 0.717) is 58.9 Å². The van der Waals surface area contributed by atoms with Gasteiger partial charge in [-0.25, -0.2) is 0 Å². The Hall–Kier alpha value is -6.90. The third kappa shape index (κ3) is 5.17. The third-order valence-electron chi connectivity index (χ3n) is 23.2. The molecule has 12 atom stereocenters. The summed E-state index contributed by atoms with van der Waals surface area (Å²) >= 11 is 0. The van der Waals surface area contributed by atoms with Gasteiger partial charge in [-0.05, 0) is 199 Å². The molecular weight excluding hydrogens is 921 g/mol. The first kappa shape index (κ1) is 43.2. The van der Waals surface area contributed by atoms with Crippen molar-refractivity contribution >= 4 is 11.6 Å². The Kier molecular flexibility index (Phi) is 8.76. The first-order chi connectivity index (χ1) is 37.5. The van der Waals surface area contributed by atoms with Crippen LogP contribution in [0.2, 0.25) is 0 Å². The maximum absolute atomic E-state index is 15.7. The molecule has 370 valence electrons. The number of hydrogen-bond donors (Lipinski definition) is 0. The largest absolute Gasteiger partial charge is 0.299 e. The number of carbonyl (C=O) groups is 2. The van der Waals surface area contributed by atoms with Crippen LogP contribution in [0.3, 0.4) is 0 Å². The molecule has 8 aromatic carbocycles. The summed E-state index contributed by atoms with van der Waals surface area (Å²) in [5.74, 6) is 4.40. The van der Waals surface area contributed by atoms with Crippen LogP contribution in [0.25, 0.3) is 44.5 Å². The maximum atomic E-state index is 15.7. The zero-order valence-corrected chi connectivity index (χ0v) is 43.1. The van der Waals surface area contributed by atoms with Crippen LogP contribution in [0.5, 0.6) is 0 Å². The average Bonchev–Trinajstić information content (AvgIpc) is 4.48. The third-order valence-corrected chi connectivity index (χ3v) is 23.2. The van der Waals surface area contributed by atoms with Crippen molar-refractivity contribution in [3.8, 4) is 44.5 Å². The van der Waals surface area contributed by atoms with Crippen LogP contribution in [0.4, 0.5) is 0 Å². The van der Waals surface area contributed by atoms with E-state index in [0.717, 1.165) is 38.5 Å². The fourth-order valence-electron chi connectivity index (χ4n) is 20.9. The van der Waals surface area contributed by atoms with E-state index in [-0.39, 0.29) is 34.5 Å². The topological polar surface area (TPSA) is 34.1 Å². The predicted molar refractivity (Wildman–Crippen MR) is 302 cm³/mol. The lowest BCUT2D eigenvalue weighted by Crippen LogP contribution is -2.49. The molecule has 2 heteroatoms. The quantitative estimate of drug-likeness (QED) is 0.173. The standard InChI is InChI=1S/C74H62O2/c75-71-57-38-41(43-32-36-65-56(37-43)50-20-8-14-28-64(50)73(65)59-23-9-3-15-45(59)46-16-4-10-24-60(46)73)30-34-54(57)67-52-21-1-2-22-53(52)68-55-35-31-42(39-58(55)72(76)70(68)69(67)71)44-29-33-51-49-19-7-13-27-63(49)74(66(51)40-44)61-25-11-5-17-47(61)48-18-6-12-26-62(48)74/h3-20,23-29,32-33,36-37,40-42,52-55,57-58,67-70H,1-2,21-22,30-31,34-35,38-39H2. The molecule has 0 radical (unpaired) electrons. The SMILES string of the molecule is O=C1C2CC(c3ccc4c(c3)-c3ccccc3C43c4ccccc4-c4ccccc43)CCC2C2C3CCCCC3C3C4CCC(c5ccc6c(c5)C5(c7ccccc7-c7ccccc75)c5ccccc5-6)CC4C(=O)C3C12. The van der Waals surface area contributed by atoms with E-state index in [2.05, 4.69) is 182 Å². The Balaban J connectivity index is 0.671. The Morgan fingerprint density at radius 3 is 1.08 bits per heavy atom. The average molecular weight is 983 g/mol. The molecule has 12 unspecified atom stereocenters. The van der Waals surface area contributed by atoms with Gasteiger partial charge in [-0.1, -0.05) is 195 Å². The molecule has 0 bridgehead atoms. The lowest BCUT2D eigenvalue weighted by molar-refractivity contribution is -0.139. The van der Waals surface area contributed by atoms with E-state index in [1.54, 1.807) is 0 Å². The van der Waals surface area contributed by atoms with Crippen molar-refractivity contribution < 1.29 is 9.59 Å². The highest BCUT2D eigenvalue weighted by molar-refractivity contribution is 5.98. The van der Waals surface area contributed by atoms with Gasteiger partial charge in [0, 0.05) is 23.7 Å². The highest BCUT2D eigenvalue weighted by Gasteiger charge is 2.69. The van der Waals surface area contributed by atoms with E-state index < -0.39 is 0 Å². The molecule has 0 heterocycles. The molecule has 2 nitrogen and oxygen atoms in total. The van der Waals surface area contributed by atoms with Gasteiger partial charge in [-0.15, -0.1) is 0 Å². The fraction of sp³-hybridized carbons (Fsp3) is 0.324. The Morgan fingerprint density at radius 1 is 0.303 bits per heavy atom. The summed E-state index contributed by atoms with van der Waals surface area (Å²) in [6, 6.07) is 69.6. The van der Waals surface area contributed by atoms with Crippen molar-refractivity contribution in [1.82, 2.24) is 0 Å². The molecule has 2 spiro atoms. The number of ketones is 2. The van der Waals surface area contributed by atoms with Crippen LogP contribution in [0, 0.1) is 59.2 Å². The smallest absolute Gasteiger partial charge is 0.140 e. The zero-order chi connectivity index (χ0) is 49.8. The number of benzene rings is 8. The number of Topliss-reactive ketones (excluding diaryl/α,β-unsaturated/α-hetero) is 2. The second kappa shape index (κ2) is 15.4. The second-order valence-electron chi connectivity index (χ2n) is 25.6. The molecule has 8 aromatic rings. The Morgan fingerprint density at radius 2 is 0.645 bits per heavy atom. The van der Waals surface area contributed by atoms with Crippen molar-refractivity contribution in [2.45, 2.75) is 86.9 Å². The normalized spacial score (nSPS) is 31.2. The number of fused-ring (bicyclic) bond motifs is 30. The van der Waals surface area contributed by atoms with Gasteiger partial charge in [0.25, 0.3) is 0 Å². The van der Waals surface area contributed by atoms with Gasteiger partial charge in [-0.3, -0.25) is 9.59 Å². The molecule has 10 aliphatic carbocycles. The highest BCUT2D eigenvalue weighted by Crippen LogP contribution is 2.70. The molecule has 10 aliphatic rings. The van der Waals surface area contributed by atoms with Gasteiger partial charge in [0.1, 0.15) is 11.6 Å². The van der Waals surface area contributed by atoms with Crippen LogP contribution in [-0.4, -0.2) is 11.6 Å². The van der Waals surface area contributed by atoms with E-state index in [9.17, 15) is 0 Å². The summed E-state index contributed by atoms with van der Waals surface area (Å²) in [6.07, 6.45) is 11.4. The van der Waals surface area contributed by atoms with Crippen molar-refractivity contribution in [2.75, 3.05) is 0 Å². The molecule has 0 aromatic heterocycles.